The Kier molecular flexibility index (Phi) is 9.55. The second-order valence-corrected chi connectivity index (χ2v) is 16.9. The van der Waals surface area contributed by atoms with Crippen molar-refractivity contribution in [2.24, 2.45) is 0 Å². The van der Waals surface area contributed by atoms with Gasteiger partial charge in [-0.25, -0.2) is 9.67 Å². The maximum absolute atomic E-state index is 13.6. The highest BCUT2D eigenvalue weighted by molar-refractivity contribution is 8.24. The molecule has 0 aliphatic carbocycles. The highest BCUT2D eigenvalue weighted by Crippen LogP contribution is 2.57. The summed E-state index contributed by atoms with van der Waals surface area (Å²) in [5, 5.41) is 11.8. The van der Waals surface area contributed by atoms with E-state index in [4.69, 9.17) is 4.74 Å². The van der Waals surface area contributed by atoms with Gasteiger partial charge in [0.05, 0.1) is 17.8 Å². The first-order valence-electron chi connectivity index (χ1n) is 16.0. The van der Waals surface area contributed by atoms with Gasteiger partial charge < -0.3 is 10.1 Å². The number of aryl methyl sites for hydroxylation is 3. The molecule has 4 aromatic rings. The standard InChI is InChI=1S/C33H44N6O6S2/c1-5-26-19-38(47(43,44)30-8-7-14-34-33(30)45-26)18-24-16-23(10-9-21(24)3)28(17-31(40)35-25-13-15-46(41,42)20-25)27-11-12-29-32(22(27)4)36-37-39(29)6-2/h7-12,14,16,25-26,28,41-44H,5-6,13,15,17-20H2,1-4H3,(H,35,40)/t25?,26?,28-/m0/s1. The molecular weight excluding hydrogens is 641 g/mol. The van der Waals surface area contributed by atoms with E-state index < -0.39 is 21.4 Å². The second-order valence-electron chi connectivity index (χ2n) is 12.5. The number of hydrogen-bond acceptors (Lipinski definition) is 10. The quantitative estimate of drug-likeness (QED) is 0.135. The summed E-state index contributed by atoms with van der Waals surface area (Å²) in [5.41, 5.74) is 6.36. The van der Waals surface area contributed by atoms with Crippen molar-refractivity contribution < 1.29 is 27.7 Å². The Morgan fingerprint density at radius 2 is 1.94 bits per heavy atom. The minimum absolute atomic E-state index is 0.135. The molecule has 0 bridgehead atoms. The normalized spacial score (nSPS) is 22.6. The molecule has 2 aromatic carbocycles. The molecule has 2 aromatic heterocycles. The first kappa shape index (κ1) is 33.7. The third kappa shape index (κ3) is 6.86. The first-order chi connectivity index (χ1) is 22.4. The van der Waals surface area contributed by atoms with E-state index in [1.165, 1.54) is 0 Å². The smallest absolute Gasteiger partial charge is 0.239 e. The average Bonchev–Trinajstić information content (AvgIpc) is 3.59. The summed E-state index contributed by atoms with van der Waals surface area (Å²) in [5.74, 6) is 0.184. The summed E-state index contributed by atoms with van der Waals surface area (Å²) in [6.07, 6.45) is 2.63. The minimum atomic E-state index is -3.41. The van der Waals surface area contributed by atoms with E-state index in [0.29, 0.717) is 31.7 Å². The second kappa shape index (κ2) is 13.3. The van der Waals surface area contributed by atoms with E-state index in [1.807, 2.05) is 56.6 Å². The molecule has 6 rings (SSSR count). The number of pyridine rings is 1. The Balaban J connectivity index is 1.36. The van der Waals surface area contributed by atoms with Crippen LogP contribution in [0.3, 0.4) is 0 Å². The lowest BCUT2D eigenvalue weighted by molar-refractivity contribution is -0.121. The Morgan fingerprint density at radius 1 is 1.13 bits per heavy atom. The van der Waals surface area contributed by atoms with Crippen molar-refractivity contribution in [3.8, 4) is 5.88 Å². The zero-order chi connectivity index (χ0) is 33.5. The zero-order valence-electron chi connectivity index (χ0n) is 27.2. The lowest BCUT2D eigenvalue weighted by Gasteiger charge is -2.41. The molecule has 5 N–H and O–H groups in total. The predicted molar refractivity (Wildman–Crippen MR) is 185 cm³/mol. The summed E-state index contributed by atoms with van der Waals surface area (Å²) in [6, 6.07) is 13.2. The fourth-order valence-electron chi connectivity index (χ4n) is 6.58. The van der Waals surface area contributed by atoms with Gasteiger partial charge in [-0.15, -0.1) is 15.9 Å². The largest absolute Gasteiger partial charge is 0.472 e. The van der Waals surface area contributed by atoms with Gasteiger partial charge >= 0.3 is 0 Å². The number of fused-ring (bicyclic) bond motifs is 2. The molecule has 3 atom stereocenters. The van der Waals surface area contributed by atoms with Crippen molar-refractivity contribution >= 4 is 38.3 Å². The number of hydrogen-bond donors (Lipinski definition) is 5. The van der Waals surface area contributed by atoms with Gasteiger partial charge in [-0.2, -0.15) is 14.9 Å². The lowest BCUT2D eigenvalue weighted by Crippen LogP contribution is -2.36. The first-order valence-corrected chi connectivity index (χ1v) is 19.4. The summed E-state index contributed by atoms with van der Waals surface area (Å²) in [7, 11) is -6.07. The Labute approximate surface area is 278 Å². The number of carbonyl (C=O) groups excluding carboxylic acids is 1. The van der Waals surface area contributed by atoms with Crippen molar-refractivity contribution in [1.82, 2.24) is 29.6 Å². The van der Waals surface area contributed by atoms with E-state index in [0.717, 1.165) is 38.9 Å². The van der Waals surface area contributed by atoms with E-state index in [-0.39, 0.29) is 53.5 Å². The Morgan fingerprint density at radius 3 is 2.66 bits per heavy atom. The van der Waals surface area contributed by atoms with Crippen LogP contribution in [0, 0.1) is 13.8 Å². The molecule has 1 fully saturated rings. The van der Waals surface area contributed by atoms with Gasteiger partial charge in [-0.3, -0.25) is 23.0 Å². The van der Waals surface area contributed by atoms with Gasteiger partial charge in [0.2, 0.25) is 11.8 Å². The lowest BCUT2D eigenvalue weighted by atomic mass is 9.84. The molecule has 0 radical (unpaired) electrons. The van der Waals surface area contributed by atoms with Crippen molar-refractivity contribution in [3.05, 3.63) is 76.5 Å². The number of benzene rings is 2. The fraction of sp³-hybridized carbons (Fsp3) is 0.455. The SMILES string of the molecule is CCC1CN(Cc2cc([C@H](CC(=O)NC3CCS(O)(O)C3)c3ccc4c(nnn4CC)c3C)ccc2C)S(O)(O)c2cccnc2O1. The number of rotatable bonds is 9. The summed E-state index contributed by atoms with van der Waals surface area (Å²) >= 11 is 0. The molecule has 2 unspecified atom stereocenters. The Hall–Kier alpha value is -3.24. The molecule has 2 aliphatic heterocycles. The van der Waals surface area contributed by atoms with Gasteiger partial charge in [0.15, 0.2) is 0 Å². The van der Waals surface area contributed by atoms with E-state index in [1.54, 1.807) is 22.6 Å². The van der Waals surface area contributed by atoms with Gasteiger partial charge in [-0.05, 0) is 79.6 Å². The molecule has 2 aliphatic rings. The Bertz CT molecular complexity index is 1780. The molecule has 12 nitrogen and oxygen atoms in total. The minimum Gasteiger partial charge on any atom is -0.472 e. The van der Waals surface area contributed by atoms with E-state index in [2.05, 4.69) is 26.7 Å². The van der Waals surface area contributed by atoms with Crippen molar-refractivity contribution in [2.75, 3.05) is 18.1 Å². The predicted octanol–water partition coefficient (Wildman–Crippen LogP) is 6.32. The number of nitrogens with zero attached hydrogens (tertiary/aromatic N) is 5. The van der Waals surface area contributed by atoms with Crippen LogP contribution >= 0.6 is 21.4 Å². The van der Waals surface area contributed by atoms with Gasteiger partial charge in [0.1, 0.15) is 16.5 Å². The highest BCUT2D eigenvalue weighted by atomic mass is 32.3. The van der Waals surface area contributed by atoms with Gasteiger partial charge in [0, 0.05) is 43.4 Å². The van der Waals surface area contributed by atoms with Crippen LogP contribution in [0.25, 0.3) is 11.0 Å². The summed E-state index contributed by atoms with van der Waals surface area (Å²) < 4.78 is 53.0. The van der Waals surface area contributed by atoms with Crippen molar-refractivity contribution in [2.45, 2.75) is 83.0 Å². The van der Waals surface area contributed by atoms with Crippen LogP contribution in [0.4, 0.5) is 0 Å². The molecule has 254 valence electrons. The number of ether oxygens (including phenoxy) is 1. The summed E-state index contributed by atoms with van der Waals surface area (Å²) in [6.45, 7) is 9.24. The molecule has 1 saturated heterocycles. The van der Waals surface area contributed by atoms with Crippen molar-refractivity contribution in [3.63, 3.8) is 0 Å². The molecule has 0 saturated carbocycles. The number of amides is 1. The molecule has 47 heavy (non-hydrogen) atoms. The number of carbonyl (C=O) groups is 1. The molecule has 0 spiro atoms. The van der Waals surface area contributed by atoms with Crippen LogP contribution in [-0.2, 0) is 17.9 Å². The van der Waals surface area contributed by atoms with E-state index in [9.17, 15) is 23.0 Å². The van der Waals surface area contributed by atoms with E-state index >= 15 is 0 Å². The monoisotopic (exact) mass is 684 g/mol. The molecule has 4 heterocycles. The van der Waals surface area contributed by atoms with Crippen LogP contribution in [-0.4, -0.2) is 78.6 Å². The summed E-state index contributed by atoms with van der Waals surface area (Å²) in [4.78, 5) is 18.1. The fourth-order valence-corrected chi connectivity index (χ4v) is 9.87. The number of nitrogens with one attached hydrogen (secondary N) is 1. The topological polar surface area (TPSA) is 166 Å². The van der Waals surface area contributed by atoms with Crippen LogP contribution in [0.2, 0.25) is 0 Å². The third-order valence-electron chi connectivity index (χ3n) is 9.33. The van der Waals surface area contributed by atoms with Crippen molar-refractivity contribution in [1.29, 1.82) is 0 Å². The molecule has 14 heteroatoms. The maximum atomic E-state index is 13.6. The van der Waals surface area contributed by atoms with Crippen LogP contribution < -0.4 is 10.1 Å². The zero-order valence-corrected chi connectivity index (χ0v) is 28.8. The van der Waals surface area contributed by atoms with Gasteiger partial charge in [-0.1, -0.05) is 36.4 Å². The molecule has 1 amide bonds. The third-order valence-corrected chi connectivity index (χ3v) is 13.1. The van der Waals surface area contributed by atoms with Gasteiger partial charge in [0.25, 0.3) is 0 Å². The average molecular weight is 685 g/mol. The highest BCUT2D eigenvalue weighted by Gasteiger charge is 2.36. The number of aromatic nitrogens is 4. The van der Waals surface area contributed by atoms with Crippen LogP contribution in [0.5, 0.6) is 5.88 Å². The van der Waals surface area contributed by atoms with Crippen LogP contribution in [0.15, 0.2) is 53.6 Å². The van der Waals surface area contributed by atoms with Crippen LogP contribution in [0.1, 0.15) is 66.8 Å². The maximum Gasteiger partial charge on any atom is 0.239 e. The molecular formula is C33H44N6O6S2.